The van der Waals surface area contributed by atoms with Crippen LogP contribution >= 0.6 is 0 Å². The Morgan fingerprint density at radius 3 is 2.21 bits per heavy atom. The minimum Gasteiger partial charge on any atom is -0.497 e. The second kappa shape index (κ2) is 8.93. The number of halogens is 1. The van der Waals surface area contributed by atoms with Crippen molar-refractivity contribution in [3.63, 3.8) is 0 Å². The van der Waals surface area contributed by atoms with Gasteiger partial charge in [0.05, 0.1) is 21.3 Å². The molecule has 0 aliphatic carbocycles. The van der Waals surface area contributed by atoms with Gasteiger partial charge in [-0.3, -0.25) is 9.69 Å². The number of benzene rings is 2. The smallest absolute Gasteiger partial charge is 0.254 e. The van der Waals surface area contributed by atoms with Crippen molar-refractivity contribution in [1.82, 2.24) is 9.80 Å². The van der Waals surface area contributed by atoms with E-state index in [0.29, 0.717) is 25.2 Å². The fourth-order valence-corrected chi connectivity index (χ4v) is 3.34. The Labute approximate surface area is 164 Å². The maximum atomic E-state index is 13.9. The Kier molecular flexibility index (Phi) is 6.36. The zero-order valence-electron chi connectivity index (χ0n) is 16.4. The highest BCUT2D eigenvalue weighted by Gasteiger charge is 2.23. The molecule has 0 N–H and O–H groups in total. The number of nitrogens with zero attached hydrogens (tertiary/aromatic N) is 2. The van der Waals surface area contributed by atoms with Crippen molar-refractivity contribution in [2.75, 3.05) is 47.5 Å². The molecule has 0 bridgehead atoms. The van der Waals surface area contributed by atoms with Gasteiger partial charge in [-0.15, -0.1) is 0 Å². The Morgan fingerprint density at radius 1 is 0.929 bits per heavy atom. The molecule has 7 heteroatoms. The summed E-state index contributed by atoms with van der Waals surface area (Å²) in [6, 6.07) is 10.0. The first-order valence-corrected chi connectivity index (χ1v) is 9.11. The summed E-state index contributed by atoms with van der Waals surface area (Å²) < 4.78 is 29.5. The monoisotopic (exact) mass is 388 g/mol. The van der Waals surface area contributed by atoms with Gasteiger partial charge >= 0.3 is 0 Å². The lowest BCUT2D eigenvalue weighted by atomic mass is 10.1. The molecule has 0 atom stereocenters. The Hall–Kier alpha value is -2.80. The number of carbonyl (C=O) groups excluding carboxylic acids is 1. The summed E-state index contributed by atoms with van der Waals surface area (Å²) in [5, 5.41) is 0. The van der Waals surface area contributed by atoms with Gasteiger partial charge in [0.2, 0.25) is 0 Å². The fraction of sp³-hybridized carbons (Fsp3) is 0.381. The molecule has 0 saturated carbocycles. The van der Waals surface area contributed by atoms with E-state index in [4.69, 9.17) is 14.2 Å². The number of rotatable bonds is 6. The predicted octanol–water partition coefficient (Wildman–Crippen LogP) is 2.81. The van der Waals surface area contributed by atoms with Crippen molar-refractivity contribution >= 4 is 5.91 Å². The van der Waals surface area contributed by atoms with Crippen LogP contribution in [0.3, 0.4) is 0 Å². The normalized spacial score (nSPS) is 14.6. The minimum atomic E-state index is -0.530. The molecule has 0 radical (unpaired) electrons. The van der Waals surface area contributed by atoms with Crippen LogP contribution < -0.4 is 14.2 Å². The highest BCUT2D eigenvalue weighted by molar-refractivity contribution is 5.94. The van der Waals surface area contributed by atoms with Gasteiger partial charge in [0.25, 0.3) is 5.91 Å². The van der Waals surface area contributed by atoms with Gasteiger partial charge in [-0.25, -0.2) is 4.39 Å². The van der Waals surface area contributed by atoms with Crippen molar-refractivity contribution in [3.8, 4) is 17.2 Å². The number of carbonyl (C=O) groups is 1. The summed E-state index contributed by atoms with van der Waals surface area (Å²) in [5.74, 6) is 1.03. The van der Waals surface area contributed by atoms with E-state index in [-0.39, 0.29) is 11.7 Å². The third kappa shape index (κ3) is 4.36. The van der Waals surface area contributed by atoms with E-state index in [0.717, 1.165) is 30.2 Å². The van der Waals surface area contributed by atoms with Crippen molar-refractivity contribution < 1.29 is 23.4 Å². The number of amides is 1. The van der Waals surface area contributed by atoms with Crippen molar-refractivity contribution in [2.24, 2.45) is 0 Å². The van der Waals surface area contributed by atoms with Crippen LogP contribution in [0.2, 0.25) is 0 Å². The lowest BCUT2D eigenvalue weighted by Crippen LogP contribution is -2.48. The topological polar surface area (TPSA) is 51.2 Å². The van der Waals surface area contributed by atoms with E-state index in [1.54, 1.807) is 25.2 Å². The van der Waals surface area contributed by atoms with E-state index >= 15 is 0 Å². The van der Waals surface area contributed by atoms with Gasteiger partial charge in [-0.1, -0.05) is 0 Å². The Bertz CT molecular complexity index is 835. The average molecular weight is 388 g/mol. The Morgan fingerprint density at radius 2 is 1.61 bits per heavy atom. The number of hydrogen-bond acceptors (Lipinski definition) is 5. The van der Waals surface area contributed by atoms with Crippen LogP contribution in [-0.4, -0.2) is 63.2 Å². The standard InChI is InChI=1S/C21H25FN2O4/c1-26-17-5-7-19(27-2)16(12-17)14-23-8-10-24(11-9-23)21(25)15-4-6-20(28-3)18(22)13-15/h4-7,12-13H,8-11,14H2,1-3H3. The van der Waals surface area contributed by atoms with Crippen LogP contribution in [0.4, 0.5) is 4.39 Å². The zero-order valence-corrected chi connectivity index (χ0v) is 16.4. The van der Waals surface area contributed by atoms with Crippen molar-refractivity contribution in [2.45, 2.75) is 6.54 Å². The van der Waals surface area contributed by atoms with Gasteiger partial charge in [0, 0.05) is 43.9 Å². The van der Waals surface area contributed by atoms with Crippen LogP contribution in [0, 0.1) is 5.82 Å². The molecule has 2 aromatic rings. The van der Waals surface area contributed by atoms with Gasteiger partial charge in [0.1, 0.15) is 11.5 Å². The molecule has 1 saturated heterocycles. The van der Waals surface area contributed by atoms with Crippen LogP contribution in [0.25, 0.3) is 0 Å². The first-order chi connectivity index (χ1) is 13.5. The average Bonchev–Trinajstić information content (AvgIpc) is 2.73. The molecule has 2 aromatic carbocycles. The number of ether oxygens (including phenoxy) is 3. The molecule has 0 aromatic heterocycles. The van der Waals surface area contributed by atoms with Gasteiger partial charge in [-0.2, -0.15) is 0 Å². The van der Waals surface area contributed by atoms with Gasteiger partial charge in [-0.05, 0) is 36.4 Å². The summed E-state index contributed by atoms with van der Waals surface area (Å²) in [4.78, 5) is 16.7. The van der Waals surface area contributed by atoms with E-state index in [2.05, 4.69) is 4.90 Å². The van der Waals surface area contributed by atoms with Gasteiger partial charge < -0.3 is 19.1 Å². The van der Waals surface area contributed by atoms with E-state index in [1.807, 2.05) is 18.2 Å². The van der Waals surface area contributed by atoms with Gasteiger partial charge in [0.15, 0.2) is 11.6 Å². The zero-order chi connectivity index (χ0) is 20.1. The van der Waals surface area contributed by atoms with E-state index in [1.165, 1.54) is 19.2 Å². The molecular weight excluding hydrogens is 363 g/mol. The molecule has 1 amide bonds. The van der Waals surface area contributed by atoms with Crippen LogP contribution in [0.5, 0.6) is 17.2 Å². The Balaban J connectivity index is 1.61. The van der Waals surface area contributed by atoms with E-state index in [9.17, 15) is 9.18 Å². The molecule has 1 heterocycles. The first kappa shape index (κ1) is 19.9. The molecule has 6 nitrogen and oxygen atoms in total. The highest BCUT2D eigenvalue weighted by atomic mass is 19.1. The molecule has 0 spiro atoms. The maximum Gasteiger partial charge on any atom is 0.254 e. The quantitative estimate of drug-likeness (QED) is 0.762. The molecule has 3 rings (SSSR count). The minimum absolute atomic E-state index is 0.133. The lowest BCUT2D eigenvalue weighted by Gasteiger charge is -2.35. The highest BCUT2D eigenvalue weighted by Crippen LogP contribution is 2.26. The van der Waals surface area contributed by atoms with E-state index < -0.39 is 5.82 Å². The number of hydrogen-bond donors (Lipinski definition) is 0. The number of piperazine rings is 1. The second-order valence-corrected chi connectivity index (χ2v) is 6.60. The molecule has 0 unspecified atom stereocenters. The number of methoxy groups -OCH3 is 3. The van der Waals surface area contributed by atoms with Crippen LogP contribution in [-0.2, 0) is 6.54 Å². The lowest BCUT2D eigenvalue weighted by molar-refractivity contribution is 0.0627. The predicted molar refractivity (Wildman–Crippen MR) is 104 cm³/mol. The maximum absolute atomic E-state index is 13.9. The molecule has 28 heavy (non-hydrogen) atoms. The summed E-state index contributed by atoms with van der Waals surface area (Å²) in [7, 11) is 4.68. The fourth-order valence-electron chi connectivity index (χ4n) is 3.34. The summed E-state index contributed by atoms with van der Waals surface area (Å²) >= 11 is 0. The second-order valence-electron chi connectivity index (χ2n) is 6.60. The third-order valence-electron chi connectivity index (χ3n) is 4.94. The van der Waals surface area contributed by atoms with Crippen molar-refractivity contribution in [1.29, 1.82) is 0 Å². The molecule has 1 aliphatic rings. The first-order valence-electron chi connectivity index (χ1n) is 9.11. The van der Waals surface area contributed by atoms with Crippen LogP contribution in [0.15, 0.2) is 36.4 Å². The molecule has 150 valence electrons. The third-order valence-corrected chi connectivity index (χ3v) is 4.94. The summed E-state index contributed by atoms with van der Waals surface area (Å²) in [5.41, 5.74) is 1.38. The largest absolute Gasteiger partial charge is 0.497 e. The summed E-state index contributed by atoms with van der Waals surface area (Å²) in [6.07, 6.45) is 0. The summed E-state index contributed by atoms with van der Waals surface area (Å²) in [6.45, 7) is 3.33. The van der Waals surface area contributed by atoms with Crippen molar-refractivity contribution in [3.05, 3.63) is 53.3 Å². The van der Waals surface area contributed by atoms with Crippen LogP contribution in [0.1, 0.15) is 15.9 Å². The molecule has 1 fully saturated rings. The molecular formula is C21H25FN2O4. The SMILES string of the molecule is COc1ccc(OC)c(CN2CCN(C(=O)c3ccc(OC)c(F)c3)CC2)c1. The molecule has 1 aliphatic heterocycles.